The molecule has 0 aromatic heterocycles. The number of carbonyl (C=O) groups excluding carboxylic acids is 1. The highest BCUT2D eigenvalue weighted by molar-refractivity contribution is 5.99. The van der Waals surface area contributed by atoms with Gasteiger partial charge in [0, 0.05) is 18.8 Å². The third-order valence-corrected chi connectivity index (χ3v) is 3.50. The second kappa shape index (κ2) is 14.4. The van der Waals surface area contributed by atoms with Gasteiger partial charge in [-0.25, -0.2) is 0 Å². The van der Waals surface area contributed by atoms with E-state index in [9.17, 15) is 9.90 Å². The van der Waals surface area contributed by atoms with Gasteiger partial charge < -0.3 is 9.84 Å². The number of hydrogen-bond donors (Lipinski definition) is 1. The Labute approximate surface area is 162 Å². The number of benzene rings is 3. The van der Waals surface area contributed by atoms with Crippen LogP contribution in [0.2, 0.25) is 0 Å². The van der Waals surface area contributed by atoms with Gasteiger partial charge in [0.15, 0.2) is 5.78 Å². The lowest BCUT2D eigenvalue weighted by Gasteiger charge is -2.09. The lowest BCUT2D eigenvalue weighted by atomic mass is 10.0. The normalized spacial score (nSPS) is 10.5. The van der Waals surface area contributed by atoms with Gasteiger partial charge in [-0.05, 0) is 19.4 Å². The molecule has 3 aromatic rings. The smallest absolute Gasteiger partial charge is 0.195 e. The zero-order valence-electron chi connectivity index (χ0n) is 16.0. The lowest BCUT2D eigenvalue weighted by Crippen LogP contribution is -2.11. The van der Waals surface area contributed by atoms with E-state index in [2.05, 4.69) is 0 Å². The highest BCUT2D eigenvalue weighted by atomic mass is 16.5. The van der Waals surface area contributed by atoms with E-state index >= 15 is 0 Å². The number of aliphatic hydroxyl groups excluding tert-OH is 1. The van der Waals surface area contributed by atoms with Gasteiger partial charge in [0.2, 0.25) is 0 Å². The molecule has 27 heavy (non-hydrogen) atoms. The summed E-state index contributed by atoms with van der Waals surface area (Å²) in [5, 5.41) is 9.89. The van der Waals surface area contributed by atoms with Crippen LogP contribution in [0.3, 0.4) is 0 Å². The van der Waals surface area contributed by atoms with Crippen molar-refractivity contribution in [1.29, 1.82) is 0 Å². The van der Waals surface area contributed by atoms with Crippen LogP contribution in [0, 0.1) is 0 Å². The van der Waals surface area contributed by atoms with Crippen molar-refractivity contribution < 1.29 is 14.6 Å². The van der Waals surface area contributed by atoms with Crippen molar-refractivity contribution in [3.05, 3.63) is 108 Å². The Hall–Kier alpha value is -2.75. The van der Waals surface area contributed by atoms with Gasteiger partial charge >= 0.3 is 0 Å². The van der Waals surface area contributed by atoms with Gasteiger partial charge in [0.05, 0.1) is 0 Å². The maximum absolute atomic E-state index is 11.9. The Morgan fingerprint density at radius 2 is 1.11 bits per heavy atom. The molecule has 3 nitrogen and oxygen atoms in total. The van der Waals surface area contributed by atoms with Crippen LogP contribution >= 0.6 is 0 Å². The number of Topliss-reactive ketones (excluding diaryl/α,β-unsaturated/α-hetero) is 1. The molecule has 3 heteroatoms. The fourth-order valence-electron chi connectivity index (χ4n) is 2.14. The summed E-state index contributed by atoms with van der Waals surface area (Å²) in [6, 6.07) is 29.7. The first-order valence-corrected chi connectivity index (χ1v) is 9.10. The van der Waals surface area contributed by atoms with Crippen LogP contribution in [0.15, 0.2) is 97.1 Å². The Morgan fingerprint density at radius 1 is 0.741 bits per heavy atom. The molecule has 0 aliphatic carbocycles. The van der Waals surface area contributed by atoms with Crippen molar-refractivity contribution in [3.63, 3.8) is 0 Å². The average molecular weight is 364 g/mol. The maximum Gasteiger partial charge on any atom is 0.195 e. The Balaban J connectivity index is 0.000000272. The molecular formula is C24H28O3. The SMILES string of the molecule is CCOCC.O=C(c1ccccc1)C(O)c1ccccc1.c1ccccc1. The molecule has 0 amide bonds. The van der Waals surface area contributed by atoms with Crippen LogP contribution < -0.4 is 0 Å². The topological polar surface area (TPSA) is 46.5 Å². The molecule has 0 radical (unpaired) electrons. The van der Waals surface area contributed by atoms with E-state index in [-0.39, 0.29) is 5.78 Å². The van der Waals surface area contributed by atoms with Crippen LogP contribution in [0.1, 0.15) is 35.9 Å². The van der Waals surface area contributed by atoms with Gasteiger partial charge in [-0.15, -0.1) is 0 Å². The maximum atomic E-state index is 11.9. The largest absolute Gasteiger partial charge is 0.382 e. The minimum atomic E-state index is -1.08. The molecule has 142 valence electrons. The summed E-state index contributed by atoms with van der Waals surface area (Å²) in [6.45, 7) is 5.67. The van der Waals surface area contributed by atoms with Crippen molar-refractivity contribution >= 4 is 5.78 Å². The second-order valence-corrected chi connectivity index (χ2v) is 5.48. The molecular weight excluding hydrogens is 336 g/mol. The van der Waals surface area contributed by atoms with Crippen LogP contribution in [-0.2, 0) is 4.74 Å². The first kappa shape index (κ1) is 22.3. The molecule has 0 aliphatic rings. The van der Waals surface area contributed by atoms with Crippen LogP contribution in [0.25, 0.3) is 0 Å². The second-order valence-electron chi connectivity index (χ2n) is 5.48. The van der Waals surface area contributed by atoms with Crippen molar-refractivity contribution in [2.45, 2.75) is 20.0 Å². The van der Waals surface area contributed by atoms with Gasteiger partial charge in [0.25, 0.3) is 0 Å². The van der Waals surface area contributed by atoms with Crippen molar-refractivity contribution in [3.8, 4) is 0 Å². The number of ether oxygens (including phenoxy) is 1. The first-order valence-electron chi connectivity index (χ1n) is 9.10. The van der Waals surface area contributed by atoms with Crippen LogP contribution in [0.5, 0.6) is 0 Å². The van der Waals surface area contributed by atoms with E-state index in [1.165, 1.54) is 0 Å². The van der Waals surface area contributed by atoms with E-state index in [0.717, 1.165) is 13.2 Å². The van der Waals surface area contributed by atoms with E-state index < -0.39 is 6.10 Å². The Bertz CT molecular complexity index is 684. The number of hydrogen-bond acceptors (Lipinski definition) is 3. The summed E-state index contributed by atoms with van der Waals surface area (Å²) in [5.74, 6) is -0.271. The fraction of sp³-hybridized carbons (Fsp3) is 0.208. The predicted molar refractivity (Wildman–Crippen MR) is 111 cm³/mol. The molecule has 0 fully saturated rings. The summed E-state index contributed by atoms with van der Waals surface area (Å²) in [4.78, 5) is 11.9. The van der Waals surface area contributed by atoms with Crippen LogP contribution in [0.4, 0.5) is 0 Å². The molecule has 1 unspecified atom stereocenters. The number of aliphatic hydroxyl groups is 1. The van der Waals surface area contributed by atoms with E-state index in [4.69, 9.17) is 4.74 Å². The van der Waals surface area contributed by atoms with Crippen LogP contribution in [-0.4, -0.2) is 24.1 Å². The first-order chi connectivity index (χ1) is 13.2. The molecule has 1 N–H and O–H groups in total. The summed E-state index contributed by atoms with van der Waals surface area (Å²) >= 11 is 0. The molecule has 0 saturated carbocycles. The zero-order valence-corrected chi connectivity index (χ0v) is 16.0. The number of carbonyl (C=O) groups is 1. The molecule has 0 bridgehead atoms. The number of rotatable bonds is 5. The van der Waals surface area contributed by atoms with E-state index in [0.29, 0.717) is 11.1 Å². The number of ketones is 1. The Morgan fingerprint density at radius 3 is 1.48 bits per heavy atom. The third-order valence-electron chi connectivity index (χ3n) is 3.50. The molecule has 0 saturated heterocycles. The van der Waals surface area contributed by atoms with Gasteiger partial charge in [-0.2, -0.15) is 0 Å². The molecule has 1 atom stereocenters. The monoisotopic (exact) mass is 364 g/mol. The quantitative estimate of drug-likeness (QED) is 0.622. The third kappa shape index (κ3) is 9.50. The fourth-order valence-corrected chi connectivity index (χ4v) is 2.14. The summed E-state index contributed by atoms with van der Waals surface area (Å²) in [5.41, 5.74) is 1.15. The molecule has 3 aromatic carbocycles. The van der Waals surface area contributed by atoms with E-state index in [1.54, 1.807) is 48.5 Å². The van der Waals surface area contributed by atoms with Crippen molar-refractivity contribution in [2.75, 3.05) is 13.2 Å². The zero-order chi connectivity index (χ0) is 19.7. The minimum Gasteiger partial charge on any atom is -0.382 e. The minimum absolute atomic E-state index is 0.271. The lowest BCUT2D eigenvalue weighted by molar-refractivity contribution is 0.0747. The summed E-state index contributed by atoms with van der Waals surface area (Å²) in [7, 11) is 0. The highest BCUT2D eigenvalue weighted by Gasteiger charge is 2.18. The average Bonchev–Trinajstić information content (AvgIpc) is 2.76. The van der Waals surface area contributed by atoms with Crippen molar-refractivity contribution in [1.82, 2.24) is 0 Å². The van der Waals surface area contributed by atoms with Gasteiger partial charge in [-0.1, -0.05) is 97.1 Å². The summed E-state index contributed by atoms with van der Waals surface area (Å²) in [6.07, 6.45) is -1.08. The summed E-state index contributed by atoms with van der Waals surface area (Å²) < 4.78 is 4.83. The molecule has 3 rings (SSSR count). The molecule has 0 spiro atoms. The van der Waals surface area contributed by atoms with Gasteiger partial charge in [0.1, 0.15) is 6.10 Å². The standard InChI is InChI=1S/C14H12O2.C6H6.C4H10O/c15-13(11-7-3-1-4-8-11)14(16)12-9-5-2-6-10-12;1-2-4-6-5-3-1;1-3-5-4-2/h1-10,13,15H;1-6H;3-4H2,1-2H3. The molecule has 0 aliphatic heterocycles. The molecule has 0 heterocycles. The van der Waals surface area contributed by atoms with Crippen molar-refractivity contribution in [2.24, 2.45) is 0 Å². The van der Waals surface area contributed by atoms with E-state index in [1.807, 2.05) is 62.4 Å². The highest BCUT2D eigenvalue weighted by Crippen LogP contribution is 2.17. The Kier molecular flexibility index (Phi) is 11.9. The predicted octanol–water partition coefficient (Wildman–Crippen LogP) is 5.33. The van der Waals surface area contributed by atoms with Gasteiger partial charge in [-0.3, -0.25) is 4.79 Å².